The van der Waals surface area contributed by atoms with Crippen LogP contribution in [-0.2, 0) is 6.54 Å². The van der Waals surface area contributed by atoms with Crippen molar-refractivity contribution in [3.63, 3.8) is 0 Å². The third kappa shape index (κ3) is 5.62. The number of nitrogens with zero attached hydrogens (tertiary/aromatic N) is 2. The van der Waals surface area contributed by atoms with Crippen molar-refractivity contribution in [2.45, 2.75) is 33.2 Å². The number of rotatable bonds is 12. The van der Waals surface area contributed by atoms with Crippen molar-refractivity contribution in [3.8, 4) is 17.2 Å². The highest BCUT2D eigenvalue weighted by atomic mass is 16.5. The van der Waals surface area contributed by atoms with Crippen molar-refractivity contribution in [1.82, 2.24) is 14.5 Å². The van der Waals surface area contributed by atoms with Crippen molar-refractivity contribution >= 4 is 11.5 Å². The first-order valence-corrected chi connectivity index (χ1v) is 11.3. The number of hydrogen-bond acceptors (Lipinski definition) is 5. The van der Waals surface area contributed by atoms with E-state index in [-0.39, 0.29) is 5.69 Å². The van der Waals surface area contributed by atoms with Gasteiger partial charge < -0.3 is 20.8 Å². The Balaban J connectivity index is 2.02. The number of ether oxygens (including phenoxy) is 1. The fraction of sp³-hybridized carbons (Fsp3) is 0.308. The van der Waals surface area contributed by atoms with Crippen molar-refractivity contribution in [2.75, 3.05) is 18.9 Å². The summed E-state index contributed by atoms with van der Waals surface area (Å²) in [7, 11) is 1.93. The van der Waals surface area contributed by atoms with Crippen LogP contribution in [0.1, 0.15) is 32.4 Å². The molecule has 174 valence electrons. The monoisotopic (exact) mass is 447 g/mol. The zero-order valence-electron chi connectivity index (χ0n) is 19.6. The van der Waals surface area contributed by atoms with Crippen LogP contribution in [0.25, 0.3) is 5.69 Å². The molecule has 0 aliphatic heterocycles. The molecule has 7 heteroatoms. The van der Waals surface area contributed by atoms with Crippen LogP contribution >= 0.6 is 0 Å². The second-order valence-corrected chi connectivity index (χ2v) is 7.97. The van der Waals surface area contributed by atoms with Gasteiger partial charge in [-0.25, -0.2) is 4.79 Å². The molecule has 7 nitrogen and oxygen atoms in total. The van der Waals surface area contributed by atoms with Gasteiger partial charge in [0.15, 0.2) is 0 Å². The van der Waals surface area contributed by atoms with Crippen molar-refractivity contribution in [2.24, 2.45) is 5.92 Å². The molecule has 3 N–H and O–H groups in total. The zero-order valence-corrected chi connectivity index (χ0v) is 19.6. The second kappa shape index (κ2) is 11.3. The minimum absolute atomic E-state index is 0.180. The van der Waals surface area contributed by atoms with Gasteiger partial charge in [-0.2, -0.15) is 0 Å². The van der Waals surface area contributed by atoms with E-state index in [2.05, 4.69) is 24.1 Å². The molecule has 0 aliphatic carbocycles. The summed E-state index contributed by atoms with van der Waals surface area (Å²) < 4.78 is 9.20. The third-order valence-electron chi connectivity index (χ3n) is 5.63. The van der Waals surface area contributed by atoms with E-state index in [0.29, 0.717) is 41.1 Å². The predicted octanol–water partition coefficient (Wildman–Crippen LogP) is 5.01. The zero-order chi connectivity index (χ0) is 23.8. The van der Waals surface area contributed by atoms with Gasteiger partial charge in [-0.3, -0.25) is 9.13 Å². The molecule has 0 radical (unpaired) electrons. The Labute approximate surface area is 195 Å². The first kappa shape index (κ1) is 24.1. The largest absolute Gasteiger partial charge is 0.457 e. The lowest BCUT2D eigenvalue weighted by atomic mass is 10.0. The van der Waals surface area contributed by atoms with E-state index in [0.717, 1.165) is 25.1 Å². The van der Waals surface area contributed by atoms with Crippen molar-refractivity contribution in [1.29, 1.82) is 5.41 Å². The Hall–Kier alpha value is -3.58. The second-order valence-electron chi connectivity index (χ2n) is 7.97. The molecule has 0 bridgehead atoms. The molecule has 1 atom stereocenters. The van der Waals surface area contributed by atoms with Gasteiger partial charge in [0.1, 0.15) is 23.0 Å². The summed E-state index contributed by atoms with van der Waals surface area (Å²) in [6.45, 7) is 9.05. The van der Waals surface area contributed by atoms with Crippen molar-refractivity contribution in [3.05, 3.63) is 83.6 Å². The maximum absolute atomic E-state index is 13.6. The Morgan fingerprint density at radius 2 is 1.82 bits per heavy atom. The predicted molar refractivity (Wildman–Crippen MR) is 135 cm³/mol. The normalized spacial score (nSPS) is 11.7. The van der Waals surface area contributed by atoms with Gasteiger partial charge in [0.2, 0.25) is 0 Å². The van der Waals surface area contributed by atoms with Crippen LogP contribution in [0.3, 0.4) is 0 Å². The topological polar surface area (TPSA) is 84.1 Å². The number of nitrogens with one attached hydrogen (secondary N) is 3. The summed E-state index contributed by atoms with van der Waals surface area (Å²) in [5.41, 5.74) is 1.32. The molecule has 2 aromatic carbocycles. The lowest BCUT2D eigenvalue weighted by molar-refractivity contribution is 0.394. The minimum Gasteiger partial charge on any atom is -0.457 e. The smallest absolute Gasteiger partial charge is 0.334 e. The van der Waals surface area contributed by atoms with Gasteiger partial charge in [0.05, 0.1) is 11.4 Å². The highest BCUT2D eigenvalue weighted by Gasteiger charge is 2.23. The Morgan fingerprint density at radius 3 is 2.39 bits per heavy atom. The van der Waals surface area contributed by atoms with Crippen LogP contribution in [0.4, 0.5) is 5.82 Å². The molecule has 0 aliphatic rings. The Kier molecular flexibility index (Phi) is 8.27. The molecule has 3 aromatic rings. The van der Waals surface area contributed by atoms with Crippen molar-refractivity contribution < 1.29 is 4.74 Å². The van der Waals surface area contributed by atoms with E-state index in [1.807, 2.05) is 61.6 Å². The number of hydrogen-bond donors (Lipinski definition) is 3. The van der Waals surface area contributed by atoms with Gasteiger partial charge in [0.25, 0.3) is 0 Å². The molecule has 1 aromatic heterocycles. The van der Waals surface area contributed by atoms with E-state index >= 15 is 0 Å². The fourth-order valence-electron chi connectivity index (χ4n) is 3.86. The molecule has 1 unspecified atom stereocenters. The minimum atomic E-state index is -0.180. The third-order valence-corrected chi connectivity index (χ3v) is 5.63. The summed E-state index contributed by atoms with van der Waals surface area (Å²) >= 11 is 0. The highest BCUT2D eigenvalue weighted by Crippen LogP contribution is 2.25. The number of para-hydroxylation sites is 1. The number of imidazole rings is 1. The van der Waals surface area contributed by atoms with Crippen LogP contribution in [0.5, 0.6) is 11.5 Å². The standard InChI is InChI=1S/C26H33N5O2/c1-5-20(16-17-28-4)18-30-25(29-6-2)24(19(3)27)31(26(30)32)21-12-14-23(15-13-21)33-22-10-8-7-9-11-22/h6-15,20,27-29H,2,5,16-18H2,1,3-4H3. The van der Waals surface area contributed by atoms with E-state index in [1.165, 1.54) is 0 Å². The molecular formula is C26H33N5O2. The van der Waals surface area contributed by atoms with Gasteiger partial charge in [-0.15, -0.1) is 0 Å². The number of benzene rings is 2. The van der Waals surface area contributed by atoms with Gasteiger partial charge >= 0.3 is 5.69 Å². The Bertz CT molecular complexity index is 1130. The SMILES string of the molecule is C=CNc1c(C(C)=N)n(-c2ccc(Oc3ccccc3)cc2)c(=O)n1CC(CC)CCNC. The van der Waals surface area contributed by atoms with E-state index in [9.17, 15) is 4.79 Å². The molecule has 0 saturated carbocycles. The number of anilines is 1. The average Bonchev–Trinajstić information content (AvgIpc) is 3.09. The van der Waals surface area contributed by atoms with Crippen LogP contribution in [0.15, 0.2) is 72.2 Å². The van der Waals surface area contributed by atoms with E-state index < -0.39 is 0 Å². The fourth-order valence-corrected chi connectivity index (χ4v) is 3.86. The molecule has 0 amide bonds. The first-order valence-electron chi connectivity index (χ1n) is 11.3. The summed E-state index contributed by atoms with van der Waals surface area (Å²) in [4.78, 5) is 13.6. The summed E-state index contributed by atoms with van der Waals surface area (Å²) in [5.74, 6) is 2.34. The maximum atomic E-state index is 13.6. The Morgan fingerprint density at radius 1 is 1.15 bits per heavy atom. The molecule has 0 saturated heterocycles. The lowest BCUT2D eigenvalue weighted by Crippen LogP contribution is -2.28. The average molecular weight is 448 g/mol. The molecule has 3 rings (SSSR count). The van der Waals surface area contributed by atoms with E-state index in [4.69, 9.17) is 10.1 Å². The first-order chi connectivity index (χ1) is 16.0. The molecular weight excluding hydrogens is 414 g/mol. The lowest BCUT2D eigenvalue weighted by Gasteiger charge is -2.17. The number of aromatic nitrogens is 2. The summed E-state index contributed by atoms with van der Waals surface area (Å²) in [6, 6.07) is 16.9. The molecule has 33 heavy (non-hydrogen) atoms. The molecule has 0 spiro atoms. The molecule has 0 fully saturated rings. The summed E-state index contributed by atoms with van der Waals surface area (Å²) in [5, 5.41) is 14.7. The van der Waals surface area contributed by atoms with Crippen LogP contribution in [0, 0.1) is 11.3 Å². The van der Waals surface area contributed by atoms with Crippen LogP contribution in [-0.4, -0.2) is 28.4 Å². The quantitative estimate of drug-likeness (QED) is 0.341. The van der Waals surface area contributed by atoms with Gasteiger partial charge in [0, 0.05) is 6.54 Å². The maximum Gasteiger partial charge on any atom is 0.334 e. The highest BCUT2D eigenvalue weighted by molar-refractivity contribution is 6.00. The van der Waals surface area contributed by atoms with Gasteiger partial charge in [-0.1, -0.05) is 38.1 Å². The molecule has 1 heterocycles. The van der Waals surface area contributed by atoms with Crippen LogP contribution in [0.2, 0.25) is 0 Å². The van der Waals surface area contributed by atoms with Gasteiger partial charge in [-0.05, 0) is 75.5 Å². The van der Waals surface area contributed by atoms with E-state index in [1.54, 1.807) is 22.3 Å². The summed E-state index contributed by atoms with van der Waals surface area (Å²) in [6.07, 6.45) is 3.47. The van der Waals surface area contributed by atoms with Crippen LogP contribution < -0.4 is 21.1 Å².